The molecule has 0 spiro atoms. The molecule has 7 nitrogen and oxygen atoms in total. The van der Waals surface area contributed by atoms with E-state index in [1.807, 2.05) is 34.9 Å². The van der Waals surface area contributed by atoms with E-state index in [4.69, 9.17) is 9.72 Å². The van der Waals surface area contributed by atoms with Crippen molar-refractivity contribution in [3.8, 4) is 0 Å². The van der Waals surface area contributed by atoms with E-state index in [9.17, 15) is 19.1 Å². The molecule has 2 aliphatic rings. The van der Waals surface area contributed by atoms with Crippen molar-refractivity contribution in [1.29, 1.82) is 0 Å². The van der Waals surface area contributed by atoms with E-state index in [1.165, 1.54) is 12.1 Å². The van der Waals surface area contributed by atoms with Crippen LogP contribution in [0, 0.1) is 17.7 Å². The van der Waals surface area contributed by atoms with Crippen LogP contribution in [0.3, 0.4) is 0 Å². The predicted molar refractivity (Wildman–Crippen MR) is 142 cm³/mol. The van der Waals surface area contributed by atoms with E-state index in [2.05, 4.69) is 5.32 Å². The van der Waals surface area contributed by atoms with Crippen molar-refractivity contribution in [3.05, 3.63) is 65.7 Å². The molecule has 2 unspecified atom stereocenters. The van der Waals surface area contributed by atoms with E-state index >= 15 is 0 Å². The first-order chi connectivity index (χ1) is 18.5. The normalized spacial score (nSPS) is 22.2. The zero-order valence-electron chi connectivity index (χ0n) is 21.8. The van der Waals surface area contributed by atoms with Crippen molar-refractivity contribution in [1.82, 2.24) is 14.9 Å². The highest BCUT2D eigenvalue weighted by Crippen LogP contribution is 2.39. The zero-order valence-corrected chi connectivity index (χ0v) is 21.8. The smallest absolute Gasteiger partial charge is 0.306 e. The summed E-state index contributed by atoms with van der Waals surface area (Å²) in [6.07, 6.45) is 7.00. The fraction of sp³-hybridized carbons (Fsp3) is 0.500. The Hall–Kier alpha value is -3.26. The minimum atomic E-state index is -0.761. The second kappa shape index (κ2) is 11.6. The van der Waals surface area contributed by atoms with Crippen molar-refractivity contribution in [3.63, 3.8) is 0 Å². The SMILES string of the molecule is COC(c1ccccc1)c1nc2cc(F)ccc2n1C(C(=O)NC1CCC(C(=O)O)CC1)C1CCCCC1. The van der Waals surface area contributed by atoms with E-state index in [1.54, 1.807) is 13.2 Å². The van der Waals surface area contributed by atoms with Gasteiger partial charge in [0.15, 0.2) is 0 Å². The van der Waals surface area contributed by atoms with E-state index in [-0.39, 0.29) is 29.6 Å². The van der Waals surface area contributed by atoms with Gasteiger partial charge in [0.25, 0.3) is 0 Å². The van der Waals surface area contributed by atoms with Gasteiger partial charge in [-0.1, -0.05) is 49.6 Å². The van der Waals surface area contributed by atoms with Crippen LogP contribution in [0.5, 0.6) is 0 Å². The van der Waals surface area contributed by atoms with Crippen LogP contribution in [0.4, 0.5) is 4.39 Å². The maximum Gasteiger partial charge on any atom is 0.306 e. The first-order valence-corrected chi connectivity index (χ1v) is 13.7. The average Bonchev–Trinajstić information content (AvgIpc) is 3.28. The summed E-state index contributed by atoms with van der Waals surface area (Å²) in [5.41, 5.74) is 2.11. The molecular weight excluding hydrogens is 485 g/mol. The molecular formula is C30H36FN3O4. The van der Waals surface area contributed by atoms with Crippen LogP contribution in [-0.2, 0) is 14.3 Å². The van der Waals surface area contributed by atoms with Crippen LogP contribution in [0.15, 0.2) is 48.5 Å². The first kappa shape index (κ1) is 26.4. The largest absolute Gasteiger partial charge is 0.481 e. The van der Waals surface area contributed by atoms with Crippen molar-refractivity contribution < 1.29 is 23.8 Å². The van der Waals surface area contributed by atoms with E-state index < -0.39 is 18.1 Å². The molecule has 3 aromatic rings. The Bertz CT molecular complexity index is 1260. The number of nitrogens with zero attached hydrogens (tertiary/aromatic N) is 2. The molecule has 2 atom stereocenters. The number of carbonyl (C=O) groups is 2. The molecule has 1 heterocycles. The number of aromatic nitrogens is 2. The molecule has 0 aliphatic heterocycles. The van der Waals surface area contributed by atoms with Crippen LogP contribution in [0.2, 0.25) is 0 Å². The number of hydrogen-bond acceptors (Lipinski definition) is 4. The topological polar surface area (TPSA) is 93.5 Å². The number of aliphatic carboxylic acids is 1. The lowest BCUT2D eigenvalue weighted by Crippen LogP contribution is -2.45. The average molecular weight is 522 g/mol. The Balaban J connectivity index is 1.56. The number of rotatable bonds is 8. The van der Waals surface area contributed by atoms with Crippen LogP contribution < -0.4 is 5.32 Å². The van der Waals surface area contributed by atoms with Gasteiger partial charge in [-0.25, -0.2) is 9.37 Å². The monoisotopic (exact) mass is 521 g/mol. The molecule has 2 aliphatic carbocycles. The Morgan fingerprint density at radius 2 is 1.74 bits per heavy atom. The van der Waals surface area contributed by atoms with Gasteiger partial charge in [0.2, 0.25) is 5.91 Å². The molecule has 8 heteroatoms. The lowest BCUT2D eigenvalue weighted by Gasteiger charge is -2.35. The molecule has 0 saturated heterocycles. The van der Waals surface area contributed by atoms with Crippen LogP contribution >= 0.6 is 0 Å². The number of nitrogens with one attached hydrogen (secondary N) is 1. The summed E-state index contributed by atoms with van der Waals surface area (Å²) in [6.45, 7) is 0. The third kappa shape index (κ3) is 5.46. The summed E-state index contributed by atoms with van der Waals surface area (Å²) >= 11 is 0. The van der Waals surface area contributed by atoms with Crippen molar-refractivity contribution in [2.75, 3.05) is 7.11 Å². The number of benzene rings is 2. The Kier molecular flexibility index (Phi) is 8.07. The highest BCUT2D eigenvalue weighted by molar-refractivity contribution is 5.85. The van der Waals surface area contributed by atoms with Gasteiger partial charge in [-0.3, -0.25) is 9.59 Å². The van der Waals surface area contributed by atoms with Gasteiger partial charge >= 0.3 is 5.97 Å². The van der Waals surface area contributed by atoms with Crippen molar-refractivity contribution in [2.24, 2.45) is 11.8 Å². The standard InChI is InChI=1S/C30H36FN3O4/c1-38-27(20-10-6-3-7-11-20)28-33-24-18-22(31)14-17-25(24)34(28)26(19-8-4-2-5-9-19)29(35)32-23-15-12-21(13-16-23)30(36)37/h3,6-7,10-11,14,17-19,21,23,26-27H,2,4-5,8-9,12-13,15-16H2,1H3,(H,32,35)(H,36,37). The maximum atomic E-state index is 14.3. The molecule has 2 aromatic carbocycles. The highest BCUT2D eigenvalue weighted by atomic mass is 19.1. The van der Waals surface area contributed by atoms with Crippen molar-refractivity contribution in [2.45, 2.75) is 76.0 Å². The summed E-state index contributed by atoms with van der Waals surface area (Å²) in [5.74, 6) is -0.874. The number of fused-ring (bicyclic) bond motifs is 1. The highest BCUT2D eigenvalue weighted by Gasteiger charge is 2.37. The maximum absolute atomic E-state index is 14.3. The molecule has 0 radical (unpaired) electrons. The second-order valence-electron chi connectivity index (χ2n) is 10.7. The van der Waals surface area contributed by atoms with Gasteiger partial charge in [-0.05, 0) is 62.1 Å². The van der Waals surface area contributed by atoms with Gasteiger partial charge in [-0.15, -0.1) is 0 Å². The van der Waals surface area contributed by atoms with Gasteiger partial charge < -0.3 is 19.7 Å². The molecule has 2 saturated carbocycles. The molecule has 2 N–H and O–H groups in total. The van der Waals surface area contributed by atoms with Crippen LogP contribution in [-0.4, -0.2) is 39.7 Å². The molecule has 5 rings (SSSR count). The number of carboxylic acids is 1. The molecule has 1 amide bonds. The third-order valence-corrected chi connectivity index (χ3v) is 8.32. The first-order valence-electron chi connectivity index (χ1n) is 13.7. The number of ether oxygens (including phenoxy) is 1. The Morgan fingerprint density at radius 1 is 1.03 bits per heavy atom. The Labute approximate surface area is 222 Å². The van der Waals surface area contributed by atoms with Crippen LogP contribution in [0.1, 0.15) is 81.3 Å². The molecule has 1 aromatic heterocycles. The number of hydrogen-bond donors (Lipinski definition) is 2. The van der Waals surface area contributed by atoms with Gasteiger partial charge in [-0.2, -0.15) is 0 Å². The van der Waals surface area contributed by atoms with Crippen molar-refractivity contribution >= 4 is 22.9 Å². The minimum Gasteiger partial charge on any atom is -0.481 e. The molecule has 202 valence electrons. The molecule has 38 heavy (non-hydrogen) atoms. The molecule has 0 bridgehead atoms. The van der Waals surface area contributed by atoms with Gasteiger partial charge in [0.1, 0.15) is 23.8 Å². The number of carboxylic acid groups (broad SMARTS) is 1. The lowest BCUT2D eigenvalue weighted by molar-refractivity contribution is -0.142. The summed E-state index contributed by atoms with van der Waals surface area (Å²) in [5, 5.41) is 12.6. The Morgan fingerprint density at radius 3 is 2.39 bits per heavy atom. The van der Waals surface area contributed by atoms with Gasteiger partial charge in [0, 0.05) is 19.2 Å². The predicted octanol–water partition coefficient (Wildman–Crippen LogP) is 5.79. The fourth-order valence-corrected chi connectivity index (χ4v) is 6.35. The van der Waals surface area contributed by atoms with Gasteiger partial charge in [0.05, 0.1) is 17.0 Å². The fourth-order valence-electron chi connectivity index (χ4n) is 6.35. The van der Waals surface area contributed by atoms with E-state index in [0.717, 1.165) is 37.7 Å². The summed E-state index contributed by atoms with van der Waals surface area (Å²) in [6, 6.07) is 13.7. The number of amides is 1. The number of carbonyl (C=O) groups excluding carboxylic acids is 1. The quantitative estimate of drug-likeness (QED) is 0.391. The number of imidazole rings is 1. The minimum absolute atomic E-state index is 0.0628. The van der Waals surface area contributed by atoms with E-state index in [0.29, 0.717) is 42.5 Å². The second-order valence-corrected chi connectivity index (χ2v) is 10.7. The summed E-state index contributed by atoms with van der Waals surface area (Å²) in [4.78, 5) is 30.4. The number of halogens is 1. The molecule has 2 fully saturated rings. The third-order valence-electron chi connectivity index (χ3n) is 8.32. The summed E-state index contributed by atoms with van der Waals surface area (Å²) in [7, 11) is 1.62. The summed E-state index contributed by atoms with van der Waals surface area (Å²) < 4.78 is 22.2. The van der Waals surface area contributed by atoms with Crippen LogP contribution in [0.25, 0.3) is 11.0 Å². The zero-order chi connectivity index (χ0) is 26.6. The number of methoxy groups -OCH3 is 1. The lowest BCUT2D eigenvalue weighted by atomic mass is 9.82.